The third kappa shape index (κ3) is 2.78. The fourth-order valence-electron chi connectivity index (χ4n) is 2.18. The molecule has 1 aromatic carbocycles. The topological polar surface area (TPSA) is 43.1 Å². The van der Waals surface area contributed by atoms with Crippen molar-refractivity contribution < 1.29 is 4.92 Å². The molecule has 1 aromatic rings. The number of rotatable bonds is 5. The highest BCUT2D eigenvalue weighted by Gasteiger charge is 2.45. The predicted molar refractivity (Wildman–Crippen MR) is 68.4 cm³/mol. The Bertz CT molecular complexity index is 410. The van der Waals surface area contributed by atoms with Crippen LogP contribution in [-0.4, -0.2) is 10.3 Å². The van der Waals surface area contributed by atoms with Crippen molar-refractivity contribution in [1.29, 1.82) is 0 Å². The number of nitro benzene ring substituents is 1. The Morgan fingerprint density at radius 1 is 1.41 bits per heavy atom. The van der Waals surface area contributed by atoms with Crippen molar-refractivity contribution in [1.82, 2.24) is 0 Å². The Morgan fingerprint density at radius 3 is 2.41 bits per heavy atom. The van der Waals surface area contributed by atoms with Gasteiger partial charge < -0.3 is 0 Å². The number of alkyl halides is 1. The molecule has 1 atom stereocenters. The third-order valence-corrected chi connectivity index (χ3v) is 4.26. The molecule has 1 aliphatic carbocycles. The summed E-state index contributed by atoms with van der Waals surface area (Å²) in [5.41, 5.74) is 1.63. The molecule has 1 saturated carbocycles. The molecule has 0 spiro atoms. The number of halogens is 1. The van der Waals surface area contributed by atoms with Crippen LogP contribution >= 0.6 is 11.6 Å². The van der Waals surface area contributed by atoms with E-state index in [1.165, 1.54) is 12.8 Å². The monoisotopic (exact) mass is 253 g/mol. The van der Waals surface area contributed by atoms with Gasteiger partial charge in [0.15, 0.2) is 0 Å². The van der Waals surface area contributed by atoms with Crippen molar-refractivity contribution in [3.63, 3.8) is 0 Å². The molecule has 2 rings (SSSR count). The first-order valence-corrected chi connectivity index (χ1v) is 6.35. The molecule has 0 aliphatic heterocycles. The van der Waals surface area contributed by atoms with Gasteiger partial charge in [0, 0.05) is 17.5 Å². The van der Waals surface area contributed by atoms with Crippen LogP contribution in [-0.2, 0) is 6.42 Å². The van der Waals surface area contributed by atoms with Crippen LogP contribution in [0.1, 0.15) is 31.7 Å². The summed E-state index contributed by atoms with van der Waals surface area (Å²) in [7, 11) is 0. The van der Waals surface area contributed by atoms with Gasteiger partial charge in [-0.1, -0.05) is 12.1 Å². The summed E-state index contributed by atoms with van der Waals surface area (Å²) >= 11 is 6.18. The molecule has 4 heteroatoms. The van der Waals surface area contributed by atoms with Gasteiger partial charge in [-0.15, -0.1) is 11.6 Å². The molecule has 0 amide bonds. The second-order valence-corrected chi connectivity index (χ2v) is 5.56. The van der Waals surface area contributed by atoms with E-state index in [0.717, 1.165) is 18.4 Å². The summed E-state index contributed by atoms with van der Waals surface area (Å²) < 4.78 is 0. The SMILES string of the molecule is CC(Cl)C1(CCc2ccc([N+](=O)[O-])cc2)CC1. The average molecular weight is 254 g/mol. The second kappa shape index (κ2) is 4.65. The number of hydrogen-bond acceptors (Lipinski definition) is 2. The molecule has 1 unspecified atom stereocenters. The van der Waals surface area contributed by atoms with Gasteiger partial charge in [-0.25, -0.2) is 0 Å². The second-order valence-electron chi connectivity index (χ2n) is 4.90. The largest absolute Gasteiger partial charge is 0.269 e. The highest BCUT2D eigenvalue weighted by Crippen LogP contribution is 2.54. The zero-order valence-electron chi connectivity index (χ0n) is 9.86. The van der Waals surface area contributed by atoms with E-state index in [2.05, 4.69) is 6.92 Å². The highest BCUT2D eigenvalue weighted by atomic mass is 35.5. The smallest absolute Gasteiger partial charge is 0.258 e. The quantitative estimate of drug-likeness (QED) is 0.453. The lowest BCUT2D eigenvalue weighted by Gasteiger charge is -2.17. The van der Waals surface area contributed by atoms with Gasteiger partial charge in [-0.2, -0.15) is 0 Å². The zero-order valence-corrected chi connectivity index (χ0v) is 10.6. The normalized spacial score (nSPS) is 18.7. The maximum Gasteiger partial charge on any atom is 0.269 e. The molecule has 0 heterocycles. The number of nitro groups is 1. The molecule has 17 heavy (non-hydrogen) atoms. The van der Waals surface area contributed by atoms with Crippen molar-refractivity contribution in [2.75, 3.05) is 0 Å². The van der Waals surface area contributed by atoms with Crippen LogP contribution in [0.2, 0.25) is 0 Å². The van der Waals surface area contributed by atoms with E-state index in [1.807, 2.05) is 12.1 Å². The Hall–Kier alpha value is -1.09. The van der Waals surface area contributed by atoms with Crippen LogP contribution in [0.5, 0.6) is 0 Å². The minimum atomic E-state index is -0.368. The van der Waals surface area contributed by atoms with Crippen molar-refractivity contribution in [3.8, 4) is 0 Å². The van der Waals surface area contributed by atoms with Gasteiger partial charge in [-0.3, -0.25) is 10.1 Å². The van der Waals surface area contributed by atoms with Gasteiger partial charge in [0.25, 0.3) is 5.69 Å². The van der Waals surface area contributed by atoms with Gasteiger partial charge in [-0.05, 0) is 43.6 Å². The van der Waals surface area contributed by atoms with E-state index in [1.54, 1.807) is 12.1 Å². The van der Waals surface area contributed by atoms with Crippen molar-refractivity contribution in [2.45, 2.75) is 38.0 Å². The van der Waals surface area contributed by atoms with Crippen LogP contribution in [0.25, 0.3) is 0 Å². The molecule has 3 nitrogen and oxygen atoms in total. The summed E-state index contributed by atoms with van der Waals surface area (Å²) in [5.74, 6) is 0. The average Bonchev–Trinajstić information content (AvgIpc) is 3.08. The minimum Gasteiger partial charge on any atom is -0.258 e. The summed E-state index contributed by atoms with van der Waals surface area (Å²) in [6.45, 7) is 2.06. The fraction of sp³-hybridized carbons (Fsp3) is 0.538. The summed E-state index contributed by atoms with van der Waals surface area (Å²) in [5, 5.41) is 10.7. The summed E-state index contributed by atoms with van der Waals surface area (Å²) in [6, 6.07) is 6.82. The molecule has 0 bridgehead atoms. The first kappa shape index (κ1) is 12.4. The number of non-ortho nitro benzene ring substituents is 1. The minimum absolute atomic E-state index is 0.153. The molecular weight excluding hydrogens is 238 g/mol. The highest BCUT2D eigenvalue weighted by molar-refractivity contribution is 6.21. The molecule has 0 aromatic heterocycles. The third-order valence-electron chi connectivity index (χ3n) is 3.79. The van der Waals surface area contributed by atoms with E-state index in [-0.39, 0.29) is 16.0 Å². The van der Waals surface area contributed by atoms with Crippen molar-refractivity contribution in [3.05, 3.63) is 39.9 Å². The maximum atomic E-state index is 10.5. The number of benzene rings is 1. The molecule has 92 valence electrons. The predicted octanol–water partition coefficient (Wildman–Crippen LogP) is 3.93. The van der Waals surface area contributed by atoms with Gasteiger partial charge in [0.2, 0.25) is 0 Å². The maximum absolute atomic E-state index is 10.5. The van der Waals surface area contributed by atoms with Crippen LogP contribution in [0.4, 0.5) is 5.69 Å². The molecule has 0 N–H and O–H groups in total. The Kier molecular flexibility index (Phi) is 3.38. The summed E-state index contributed by atoms with van der Waals surface area (Å²) in [6.07, 6.45) is 4.46. The zero-order chi connectivity index (χ0) is 12.5. The van der Waals surface area contributed by atoms with Crippen molar-refractivity contribution in [2.24, 2.45) is 5.41 Å². The molecule has 0 saturated heterocycles. The Morgan fingerprint density at radius 2 is 2.00 bits per heavy atom. The van der Waals surface area contributed by atoms with Crippen LogP contribution in [0.15, 0.2) is 24.3 Å². The fourth-order valence-corrected chi connectivity index (χ4v) is 2.51. The molecule has 1 aliphatic rings. The Balaban J connectivity index is 1.94. The Labute approximate surface area is 106 Å². The van der Waals surface area contributed by atoms with Crippen molar-refractivity contribution >= 4 is 17.3 Å². The summed E-state index contributed by atoms with van der Waals surface area (Å²) in [4.78, 5) is 10.1. The number of aryl methyl sites for hydroxylation is 1. The molecule has 1 fully saturated rings. The molecular formula is C13H16ClNO2. The number of nitrogens with zero attached hydrogens (tertiary/aromatic N) is 1. The lowest BCUT2D eigenvalue weighted by molar-refractivity contribution is -0.384. The lowest BCUT2D eigenvalue weighted by Crippen LogP contribution is -2.13. The van der Waals surface area contributed by atoms with E-state index in [9.17, 15) is 10.1 Å². The van der Waals surface area contributed by atoms with Crippen LogP contribution in [0.3, 0.4) is 0 Å². The van der Waals surface area contributed by atoms with Gasteiger partial charge >= 0.3 is 0 Å². The lowest BCUT2D eigenvalue weighted by atomic mass is 9.94. The van der Waals surface area contributed by atoms with Gasteiger partial charge in [0.1, 0.15) is 0 Å². The van der Waals surface area contributed by atoms with E-state index < -0.39 is 0 Å². The van der Waals surface area contributed by atoms with E-state index in [4.69, 9.17) is 11.6 Å². The van der Waals surface area contributed by atoms with Gasteiger partial charge in [0.05, 0.1) is 4.92 Å². The van der Waals surface area contributed by atoms with E-state index >= 15 is 0 Å². The standard InChI is InChI=1S/C13H16ClNO2/c1-10(14)13(8-9-13)7-6-11-2-4-12(5-3-11)15(16)17/h2-5,10H,6-9H2,1H3. The van der Waals surface area contributed by atoms with E-state index in [0.29, 0.717) is 5.41 Å². The first-order chi connectivity index (χ1) is 8.03. The number of hydrogen-bond donors (Lipinski definition) is 0. The van der Waals surface area contributed by atoms with Crippen LogP contribution < -0.4 is 0 Å². The first-order valence-electron chi connectivity index (χ1n) is 5.91. The van der Waals surface area contributed by atoms with Crippen LogP contribution in [0, 0.1) is 15.5 Å². The molecule has 0 radical (unpaired) electrons.